The summed E-state index contributed by atoms with van der Waals surface area (Å²) >= 11 is 6.11. The number of anilines is 1. The number of sulfonamides is 1. The van der Waals surface area contributed by atoms with Crippen LogP contribution in [0.3, 0.4) is 0 Å². The Morgan fingerprint density at radius 1 is 1.23 bits per heavy atom. The van der Waals surface area contributed by atoms with Gasteiger partial charge in [-0.05, 0) is 31.0 Å². The summed E-state index contributed by atoms with van der Waals surface area (Å²) in [6, 6.07) is 4.48. The molecule has 1 amide bonds. The molecule has 0 aliphatic heterocycles. The predicted octanol–water partition coefficient (Wildman–Crippen LogP) is 3.39. The van der Waals surface area contributed by atoms with Gasteiger partial charge in [0, 0.05) is 18.8 Å². The minimum Gasteiger partial charge on any atom is -0.324 e. The first kappa shape index (κ1) is 23.2. The van der Waals surface area contributed by atoms with E-state index >= 15 is 0 Å². The second-order valence-electron chi connectivity index (χ2n) is 6.41. The van der Waals surface area contributed by atoms with E-state index in [-0.39, 0.29) is 28.2 Å². The molecule has 0 radical (unpaired) electrons. The Hall–Kier alpha value is -0.860. The second-order valence-corrected chi connectivity index (χ2v) is 8.72. The molecule has 3 N–H and O–H groups in total. The maximum atomic E-state index is 12.7. The molecule has 9 heteroatoms. The van der Waals surface area contributed by atoms with Crippen LogP contribution in [0.2, 0.25) is 5.02 Å². The minimum absolute atomic E-state index is 0. The molecule has 0 saturated heterocycles. The first-order valence-electron chi connectivity index (χ1n) is 8.64. The normalized spacial score (nSPS) is 16.8. The molecule has 2 rings (SSSR count). The molecule has 0 spiro atoms. The molecule has 1 fully saturated rings. The number of benzene rings is 1. The van der Waals surface area contributed by atoms with Crippen molar-refractivity contribution in [2.45, 2.75) is 56.4 Å². The molecule has 6 nitrogen and oxygen atoms in total. The third-order valence-corrected chi connectivity index (χ3v) is 7.24. The lowest BCUT2D eigenvalue weighted by Crippen LogP contribution is -2.52. The fourth-order valence-corrected chi connectivity index (χ4v) is 5.11. The molecule has 1 aliphatic rings. The number of nitrogens with one attached hydrogen (secondary N) is 1. The molecule has 0 atom stereocenters. The molecular weight excluding hydrogens is 397 g/mol. The summed E-state index contributed by atoms with van der Waals surface area (Å²) in [7, 11) is -3.71. The van der Waals surface area contributed by atoms with Crippen molar-refractivity contribution in [1.29, 1.82) is 0 Å². The highest BCUT2D eigenvalue weighted by molar-refractivity contribution is 7.89. The zero-order valence-corrected chi connectivity index (χ0v) is 17.5. The van der Waals surface area contributed by atoms with Gasteiger partial charge in [-0.1, -0.05) is 44.7 Å². The van der Waals surface area contributed by atoms with Gasteiger partial charge in [0.05, 0.1) is 10.6 Å². The molecule has 26 heavy (non-hydrogen) atoms. The van der Waals surface area contributed by atoms with Gasteiger partial charge in [-0.15, -0.1) is 12.4 Å². The van der Waals surface area contributed by atoms with Crippen LogP contribution in [0, 0.1) is 0 Å². The summed E-state index contributed by atoms with van der Waals surface area (Å²) in [6.07, 6.45) is 4.20. The molecule has 1 saturated carbocycles. The fraction of sp³-hybridized carbons (Fsp3) is 0.588. The van der Waals surface area contributed by atoms with Crippen molar-refractivity contribution in [3.05, 3.63) is 23.2 Å². The van der Waals surface area contributed by atoms with E-state index in [0.717, 1.165) is 19.3 Å². The molecule has 148 valence electrons. The number of hydrogen-bond acceptors (Lipinski definition) is 4. The molecular formula is C17H27Cl2N3O3S. The summed E-state index contributed by atoms with van der Waals surface area (Å²) in [5, 5.41) is 2.89. The van der Waals surface area contributed by atoms with Crippen molar-refractivity contribution < 1.29 is 13.2 Å². The van der Waals surface area contributed by atoms with Crippen molar-refractivity contribution in [3.8, 4) is 0 Å². The van der Waals surface area contributed by atoms with E-state index in [1.165, 1.54) is 16.4 Å². The van der Waals surface area contributed by atoms with Crippen LogP contribution in [0.15, 0.2) is 23.1 Å². The van der Waals surface area contributed by atoms with E-state index in [4.69, 9.17) is 17.3 Å². The third kappa shape index (κ3) is 4.89. The van der Waals surface area contributed by atoms with Gasteiger partial charge in [0.25, 0.3) is 0 Å². The lowest BCUT2D eigenvalue weighted by Gasteiger charge is -2.31. The molecule has 0 bridgehead atoms. The van der Waals surface area contributed by atoms with Gasteiger partial charge in [-0.2, -0.15) is 4.31 Å². The summed E-state index contributed by atoms with van der Waals surface area (Å²) in [4.78, 5) is 12.5. The summed E-state index contributed by atoms with van der Waals surface area (Å²) in [5.41, 5.74) is 5.72. The Bertz CT molecular complexity index is 731. The second kappa shape index (κ2) is 9.37. The number of nitrogens with zero attached hydrogens (tertiary/aromatic N) is 1. The lowest BCUT2D eigenvalue weighted by molar-refractivity contribution is -0.122. The average molecular weight is 424 g/mol. The Morgan fingerprint density at radius 2 is 1.81 bits per heavy atom. The van der Waals surface area contributed by atoms with Gasteiger partial charge in [-0.25, -0.2) is 8.42 Å². The van der Waals surface area contributed by atoms with E-state index < -0.39 is 15.6 Å². The van der Waals surface area contributed by atoms with Gasteiger partial charge < -0.3 is 11.1 Å². The van der Waals surface area contributed by atoms with Crippen molar-refractivity contribution >= 4 is 45.6 Å². The van der Waals surface area contributed by atoms with Crippen LogP contribution in [-0.4, -0.2) is 37.3 Å². The average Bonchev–Trinajstić information content (AvgIpc) is 2.58. The van der Waals surface area contributed by atoms with Crippen LogP contribution in [0.4, 0.5) is 5.69 Å². The monoisotopic (exact) mass is 423 g/mol. The maximum absolute atomic E-state index is 12.7. The van der Waals surface area contributed by atoms with Gasteiger partial charge in [0.1, 0.15) is 4.90 Å². The topological polar surface area (TPSA) is 92.5 Å². The van der Waals surface area contributed by atoms with E-state index in [1.807, 2.05) is 0 Å². The zero-order valence-electron chi connectivity index (χ0n) is 15.1. The van der Waals surface area contributed by atoms with Gasteiger partial charge >= 0.3 is 0 Å². The summed E-state index contributed by atoms with van der Waals surface area (Å²) in [5.74, 6) is -0.277. The SMILES string of the molecule is CCN(CC)S(=O)(=O)c1cc(NC(=O)C2(N)CCCCC2)ccc1Cl.Cl. The number of hydrogen-bond donors (Lipinski definition) is 2. The number of rotatable bonds is 6. The molecule has 1 aromatic rings. The smallest absolute Gasteiger partial charge is 0.244 e. The number of carbonyl (C=O) groups is 1. The highest BCUT2D eigenvalue weighted by atomic mass is 35.5. The lowest BCUT2D eigenvalue weighted by atomic mass is 9.82. The van der Waals surface area contributed by atoms with Crippen molar-refractivity contribution in [2.24, 2.45) is 5.73 Å². The number of halogens is 2. The Balaban J connectivity index is 0.00000338. The van der Waals surface area contributed by atoms with Gasteiger partial charge in [0.2, 0.25) is 15.9 Å². The molecule has 0 aromatic heterocycles. The minimum atomic E-state index is -3.71. The Morgan fingerprint density at radius 3 is 2.35 bits per heavy atom. The molecule has 0 heterocycles. The van der Waals surface area contributed by atoms with Crippen LogP contribution < -0.4 is 11.1 Å². The highest BCUT2D eigenvalue weighted by Gasteiger charge is 2.35. The van der Waals surface area contributed by atoms with Crippen molar-refractivity contribution in [3.63, 3.8) is 0 Å². The summed E-state index contributed by atoms with van der Waals surface area (Å²) in [6.45, 7) is 4.22. The summed E-state index contributed by atoms with van der Waals surface area (Å²) < 4.78 is 26.8. The Kier molecular flexibility index (Phi) is 8.35. The van der Waals surface area contributed by atoms with Crippen LogP contribution in [0.5, 0.6) is 0 Å². The quantitative estimate of drug-likeness (QED) is 0.732. The van der Waals surface area contributed by atoms with E-state index in [1.54, 1.807) is 19.9 Å². The van der Waals surface area contributed by atoms with E-state index in [0.29, 0.717) is 31.6 Å². The van der Waals surface area contributed by atoms with Crippen LogP contribution in [0.25, 0.3) is 0 Å². The van der Waals surface area contributed by atoms with Crippen molar-refractivity contribution in [1.82, 2.24) is 4.31 Å². The predicted molar refractivity (Wildman–Crippen MR) is 107 cm³/mol. The van der Waals surface area contributed by atoms with Crippen molar-refractivity contribution in [2.75, 3.05) is 18.4 Å². The molecule has 1 aliphatic carbocycles. The van der Waals surface area contributed by atoms with Crippen LogP contribution >= 0.6 is 24.0 Å². The zero-order chi connectivity index (χ0) is 18.7. The highest BCUT2D eigenvalue weighted by Crippen LogP contribution is 2.30. The van der Waals surface area contributed by atoms with E-state index in [9.17, 15) is 13.2 Å². The maximum Gasteiger partial charge on any atom is 0.244 e. The largest absolute Gasteiger partial charge is 0.324 e. The number of nitrogens with two attached hydrogens (primary N) is 1. The van der Waals surface area contributed by atoms with Gasteiger partial charge in [0.15, 0.2) is 0 Å². The standard InChI is InChI=1S/C17H26ClN3O3S.ClH/c1-3-21(4-2)25(23,24)15-12-13(8-9-14(15)18)20-16(22)17(19)10-6-5-7-11-17;/h8-9,12H,3-7,10-11,19H2,1-2H3,(H,20,22);1H. The third-order valence-electron chi connectivity index (χ3n) is 4.71. The fourth-order valence-electron chi connectivity index (χ4n) is 3.15. The van der Waals surface area contributed by atoms with Crippen LogP contribution in [0.1, 0.15) is 46.0 Å². The van der Waals surface area contributed by atoms with E-state index in [2.05, 4.69) is 5.32 Å². The van der Waals surface area contributed by atoms with Crippen LogP contribution in [-0.2, 0) is 14.8 Å². The Labute approximate surface area is 166 Å². The first-order valence-corrected chi connectivity index (χ1v) is 10.5. The number of carbonyl (C=O) groups excluding carboxylic acids is 1. The number of amides is 1. The first-order chi connectivity index (χ1) is 11.7. The molecule has 1 aromatic carbocycles. The molecule has 0 unspecified atom stereocenters. The van der Waals surface area contributed by atoms with Gasteiger partial charge in [-0.3, -0.25) is 4.79 Å².